The fraction of sp³-hybridized carbons (Fsp3) is 0.263. The number of rotatable bonds is 7. The number of anilines is 2. The summed E-state index contributed by atoms with van der Waals surface area (Å²) in [5, 5.41) is 25.7. The second-order valence-electron chi connectivity index (χ2n) is 6.64. The molecule has 0 radical (unpaired) electrons. The Bertz CT molecular complexity index is 945. The standard InChI is InChI=1S/C19H17ClN4O6/c1-2-13-18(20,23(27)28)19(24(29)30)16(25)21(14-9-5-3-6-10-14)22(17(19)26)15-11-7-4-8-12-15/h3-12H,2,13H2,1H3. The van der Waals surface area contributed by atoms with Crippen molar-refractivity contribution in [3.05, 3.63) is 80.9 Å². The predicted octanol–water partition coefficient (Wildman–Crippen LogP) is 3.01. The number of para-hydroxylation sites is 2. The van der Waals surface area contributed by atoms with E-state index >= 15 is 0 Å². The normalized spacial score (nSPS) is 17.7. The van der Waals surface area contributed by atoms with Gasteiger partial charge < -0.3 is 0 Å². The van der Waals surface area contributed by atoms with Gasteiger partial charge in [-0.05, 0) is 42.3 Å². The van der Waals surface area contributed by atoms with Gasteiger partial charge in [0.05, 0.1) is 21.2 Å². The van der Waals surface area contributed by atoms with Crippen LogP contribution in [0.4, 0.5) is 11.4 Å². The lowest BCUT2D eigenvalue weighted by Gasteiger charge is -2.26. The highest BCUT2D eigenvalue weighted by atomic mass is 35.5. The van der Waals surface area contributed by atoms with Crippen LogP contribution in [0.15, 0.2) is 60.7 Å². The van der Waals surface area contributed by atoms with Crippen LogP contribution in [0.5, 0.6) is 0 Å². The number of hydrazine groups is 1. The zero-order chi connectivity index (χ0) is 22.1. The number of benzene rings is 2. The quantitative estimate of drug-likeness (QED) is 0.217. The highest BCUT2D eigenvalue weighted by Crippen LogP contribution is 2.46. The van der Waals surface area contributed by atoms with Gasteiger partial charge in [-0.1, -0.05) is 43.3 Å². The van der Waals surface area contributed by atoms with Gasteiger partial charge >= 0.3 is 22.4 Å². The van der Waals surface area contributed by atoms with Gasteiger partial charge in [-0.15, -0.1) is 0 Å². The van der Waals surface area contributed by atoms with E-state index in [4.69, 9.17) is 11.6 Å². The van der Waals surface area contributed by atoms with Gasteiger partial charge in [0.1, 0.15) is 0 Å². The number of carbonyl (C=O) groups excluding carboxylic acids is 2. The Balaban J connectivity index is 2.35. The molecule has 30 heavy (non-hydrogen) atoms. The molecule has 0 aromatic heterocycles. The molecule has 0 spiro atoms. The zero-order valence-corrected chi connectivity index (χ0v) is 16.6. The average Bonchev–Trinajstić information content (AvgIpc) is 2.97. The van der Waals surface area contributed by atoms with E-state index < -0.39 is 38.6 Å². The molecule has 3 rings (SSSR count). The smallest absolute Gasteiger partial charge is 0.263 e. The van der Waals surface area contributed by atoms with Gasteiger partial charge in [0, 0.05) is 6.42 Å². The van der Waals surface area contributed by atoms with Crippen LogP contribution in [0.25, 0.3) is 0 Å². The molecule has 0 N–H and O–H groups in total. The summed E-state index contributed by atoms with van der Waals surface area (Å²) in [5.74, 6) is -2.79. The molecule has 1 unspecified atom stereocenters. The zero-order valence-electron chi connectivity index (χ0n) is 15.8. The van der Waals surface area contributed by atoms with E-state index in [1.54, 1.807) is 36.4 Å². The maximum atomic E-state index is 13.5. The topological polar surface area (TPSA) is 127 Å². The summed E-state index contributed by atoms with van der Waals surface area (Å²) < 4.78 is 0. The molecular formula is C19H17ClN4O6. The number of nitro groups is 2. The second-order valence-corrected chi connectivity index (χ2v) is 7.26. The van der Waals surface area contributed by atoms with Gasteiger partial charge in [0.25, 0.3) is 0 Å². The fourth-order valence-corrected chi connectivity index (χ4v) is 3.96. The fourth-order valence-electron chi connectivity index (χ4n) is 3.54. The molecule has 2 aromatic rings. The lowest BCUT2D eigenvalue weighted by atomic mass is 9.86. The number of hydrogen-bond donors (Lipinski definition) is 0. The highest BCUT2D eigenvalue weighted by molar-refractivity contribution is 6.37. The van der Waals surface area contributed by atoms with Crippen LogP contribution in [-0.2, 0) is 9.59 Å². The number of alkyl halides is 1. The summed E-state index contributed by atoms with van der Waals surface area (Å²) in [6.07, 6.45) is -0.525. The average molecular weight is 433 g/mol. The Kier molecular flexibility index (Phi) is 5.45. The maximum absolute atomic E-state index is 13.5. The third-order valence-corrected chi connectivity index (χ3v) is 5.50. The largest absolute Gasteiger partial charge is 0.461 e. The van der Waals surface area contributed by atoms with Crippen LogP contribution in [0.2, 0.25) is 0 Å². The first-order chi connectivity index (χ1) is 14.2. The summed E-state index contributed by atoms with van der Waals surface area (Å²) >= 11 is 6.19. The van der Waals surface area contributed by atoms with Crippen molar-refractivity contribution < 1.29 is 19.4 Å². The van der Waals surface area contributed by atoms with Crippen molar-refractivity contribution in [3.63, 3.8) is 0 Å². The molecule has 11 heteroatoms. The molecule has 1 atom stereocenters. The molecule has 1 saturated heterocycles. The molecule has 2 aromatic carbocycles. The predicted molar refractivity (Wildman–Crippen MR) is 108 cm³/mol. The molecule has 0 bridgehead atoms. The molecule has 1 aliphatic rings. The Hall–Kier alpha value is -3.53. The molecule has 1 aliphatic heterocycles. The van der Waals surface area contributed by atoms with Gasteiger partial charge in [-0.2, -0.15) is 0 Å². The Morgan fingerprint density at radius 3 is 1.60 bits per heavy atom. The molecular weight excluding hydrogens is 416 g/mol. The molecule has 10 nitrogen and oxygen atoms in total. The van der Waals surface area contributed by atoms with Gasteiger partial charge in [-0.25, -0.2) is 10.0 Å². The van der Waals surface area contributed by atoms with Gasteiger partial charge in [0.2, 0.25) is 0 Å². The molecule has 156 valence electrons. The third-order valence-electron chi connectivity index (χ3n) is 4.90. The van der Waals surface area contributed by atoms with Crippen LogP contribution < -0.4 is 10.0 Å². The molecule has 2 amide bonds. The first-order valence-corrected chi connectivity index (χ1v) is 9.38. The number of nitrogens with zero attached hydrogens (tertiary/aromatic N) is 4. The molecule has 0 saturated carbocycles. The van der Waals surface area contributed by atoms with Gasteiger partial charge in [-0.3, -0.25) is 29.8 Å². The summed E-state index contributed by atoms with van der Waals surface area (Å²) in [5.41, 5.74) is -3.09. The Labute approximate surface area is 175 Å². The lowest BCUT2D eigenvalue weighted by Crippen LogP contribution is -2.68. The van der Waals surface area contributed by atoms with Crippen LogP contribution in [-0.4, -0.2) is 32.2 Å². The van der Waals surface area contributed by atoms with E-state index in [0.717, 1.165) is 10.0 Å². The Morgan fingerprint density at radius 1 is 0.900 bits per heavy atom. The molecule has 1 fully saturated rings. The minimum atomic E-state index is -3.35. The monoisotopic (exact) mass is 432 g/mol. The van der Waals surface area contributed by atoms with E-state index in [1.165, 1.54) is 31.2 Å². The van der Waals surface area contributed by atoms with Crippen molar-refractivity contribution >= 4 is 34.8 Å². The summed E-state index contributed by atoms with van der Waals surface area (Å²) in [6, 6.07) is 15.4. The van der Waals surface area contributed by atoms with Crippen molar-refractivity contribution in [2.45, 2.75) is 30.3 Å². The van der Waals surface area contributed by atoms with Crippen molar-refractivity contribution in [1.82, 2.24) is 0 Å². The number of carbonyl (C=O) groups is 2. The van der Waals surface area contributed by atoms with Crippen LogP contribution in [0.3, 0.4) is 0 Å². The van der Waals surface area contributed by atoms with Gasteiger partial charge in [0.15, 0.2) is 0 Å². The number of halogens is 1. The van der Waals surface area contributed by atoms with Crippen molar-refractivity contribution in [2.24, 2.45) is 0 Å². The molecule has 1 heterocycles. The summed E-state index contributed by atoms with van der Waals surface area (Å²) in [4.78, 5) is 45.9. The first-order valence-electron chi connectivity index (χ1n) is 9.00. The number of amides is 2. The van der Waals surface area contributed by atoms with Crippen LogP contribution >= 0.6 is 11.6 Å². The molecule has 0 aliphatic carbocycles. The van der Waals surface area contributed by atoms with E-state index in [0.29, 0.717) is 0 Å². The summed E-state index contributed by atoms with van der Waals surface area (Å²) in [6.45, 7) is 1.52. The minimum Gasteiger partial charge on any atom is -0.263 e. The summed E-state index contributed by atoms with van der Waals surface area (Å²) in [7, 11) is 0. The maximum Gasteiger partial charge on any atom is 0.461 e. The number of hydrogen-bond acceptors (Lipinski definition) is 6. The van der Waals surface area contributed by atoms with Crippen LogP contribution in [0, 0.1) is 20.2 Å². The van der Waals surface area contributed by atoms with E-state index in [9.17, 15) is 29.8 Å². The minimum absolute atomic E-state index is 0.0390. The Morgan fingerprint density at radius 2 is 1.30 bits per heavy atom. The SMILES string of the molecule is CCCC(Cl)([N+](=O)[O-])C1([N+](=O)[O-])C(=O)N(c2ccccc2)N(c2ccccc2)C1=O. The van der Waals surface area contributed by atoms with E-state index in [1.807, 2.05) is 0 Å². The van der Waals surface area contributed by atoms with Crippen molar-refractivity contribution in [1.29, 1.82) is 0 Å². The highest BCUT2D eigenvalue weighted by Gasteiger charge is 2.86. The second kappa shape index (κ2) is 7.71. The van der Waals surface area contributed by atoms with E-state index in [2.05, 4.69) is 0 Å². The van der Waals surface area contributed by atoms with E-state index in [-0.39, 0.29) is 17.8 Å². The lowest BCUT2D eigenvalue weighted by molar-refractivity contribution is -0.640. The van der Waals surface area contributed by atoms with Crippen molar-refractivity contribution in [3.8, 4) is 0 Å². The van der Waals surface area contributed by atoms with Crippen LogP contribution in [0.1, 0.15) is 19.8 Å². The van der Waals surface area contributed by atoms with Crippen molar-refractivity contribution in [2.75, 3.05) is 10.0 Å². The third kappa shape index (κ3) is 2.79. The first kappa shape index (κ1) is 21.2.